The quantitative estimate of drug-likeness (QED) is 0.734. The number of rotatable bonds is 3. The molecule has 0 saturated heterocycles. The topological polar surface area (TPSA) is 9.23 Å². The van der Waals surface area contributed by atoms with Crippen molar-refractivity contribution in [3.8, 4) is 5.75 Å². The lowest BCUT2D eigenvalue weighted by atomic mass is 10.2. The highest BCUT2D eigenvalue weighted by Gasteiger charge is 2.22. The van der Waals surface area contributed by atoms with Gasteiger partial charge in [0.15, 0.2) is 0 Å². The Morgan fingerprint density at radius 3 is 2.50 bits per heavy atom. The zero-order valence-corrected chi connectivity index (χ0v) is 11.2. The third kappa shape index (κ3) is 4.89. The summed E-state index contributed by atoms with van der Waals surface area (Å²) in [7, 11) is 0. The number of ether oxygens (including phenoxy) is 1. The Morgan fingerprint density at radius 2 is 1.94 bits per heavy atom. The first-order valence-electron chi connectivity index (χ1n) is 6.06. The van der Waals surface area contributed by atoms with Crippen molar-refractivity contribution < 1.29 is 4.74 Å². The monoisotopic (exact) mass is 240 g/mol. The molecule has 2 heteroatoms. The number of hydrogen-bond acceptors (Lipinski definition) is 1. The molecule has 1 aromatic carbocycles. The summed E-state index contributed by atoms with van der Waals surface area (Å²) in [5.74, 6) is 1.60. The lowest BCUT2D eigenvalue weighted by Crippen LogP contribution is -1.99. The standard InChI is InChI=1S/C11H13ClO.C3H8/c1-8-2-5-10(12)11(6-8)13-7-9-3-4-9;1-3-2/h2,5-6,9H,3-4,7H2,1H3;3H2,1-2H3. The predicted octanol–water partition coefficient (Wildman–Crippen LogP) is 4.85. The van der Waals surface area contributed by atoms with Gasteiger partial charge >= 0.3 is 0 Å². The SMILES string of the molecule is CCC.Cc1ccc(Cl)c(OCC2CC2)c1. The van der Waals surface area contributed by atoms with Crippen LogP contribution in [0.1, 0.15) is 38.7 Å². The van der Waals surface area contributed by atoms with E-state index in [-0.39, 0.29) is 0 Å². The highest BCUT2D eigenvalue weighted by atomic mass is 35.5. The maximum Gasteiger partial charge on any atom is 0.138 e. The molecule has 90 valence electrons. The fraction of sp³-hybridized carbons (Fsp3) is 0.571. The molecule has 1 aromatic rings. The van der Waals surface area contributed by atoms with Gasteiger partial charge in [-0.05, 0) is 43.4 Å². The van der Waals surface area contributed by atoms with Gasteiger partial charge < -0.3 is 4.74 Å². The van der Waals surface area contributed by atoms with Gasteiger partial charge in [-0.25, -0.2) is 0 Å². The number of aryl methyl sites for hydroxylation is 1. The van der Waals surface area contributed by atoms with Crippen LogP contribution in [0.15, 0.2) is 18.2 Å². The van der Waals surface area contributed by atoms with Crippen LogP contribution in [0.2, 0.25) is 5.02 Å². The maximum absolute atomic E-state index is 5.98. The summed E-state index contributed by atoms with van der Waals surface area (Å²) in [5.41, 5.74) is 1.19. The van der Waals surface area contributed by atoms with Crippen LogP contribution in [-0.4, -0.2) is 6.61 Å². The van der Waals surface area contributed by atoms with Crippen LogP contribution >= 0.6 is 11.6 Å². The predicted molar refractivity (Wildman–Crippen MR) is 70.4 cm³/mol. The van der Waals surface area contributed by atoms with Crippen LogP contribution in [0.5, 0.6) is 5.75 Å². The molecular weight excluding hydrogens is 220 g/mol. The first kappa shape index (κ1) is 13.4. The van der Waals surface area contributed by atoms with Gasteiger partial charge in [-0.1, -0.05) is 37.9 Å². The highest BCUT2D eigenvalue weighted by molar-refractivity contribution is 6.32. The Balaban J connectivity index is 0.000000386. The van der Waals surface area contributed by atoms with Gasteiger partial charge in [0, 0.05) is 0 Å². The van der Waals surface area contributed by atoms with E-state index in [4.69, 9.17) is 16.3 Å². The number of benzene rings is 1. The first-order chi connectivity index (χ1) is 7.67. The van der Waals surface area contributed by atoms with Gasteiger partial charge in [0.1, 0.15) is 5.75 Å². The minimum absolute atomic E-state index is 0.714. The third-order valence-corrected chi connectivity index (χ3v) is 2.57. The van der Waals surface area contributed by atoms with E-state index in [0.717, 1.165) is 18.3 Å². The van der Waals surface area contributed by atoms with E-state index in [1.807, 2.05) is 25.1 Å². The summed E-state index contributed by atoms with van der Waals surface area (Å²) in [4.78, 5) is 0. The normalized spacial score (nSPS) is 14.0. The van der Waals surface area contributed by atoms with E-state index in [2.05, 4.69) is 13.8 Å². The fourth-order valence-corrected chi connectivity index (χ4v) is 1.39. The van der Waals surface area contributed by atoms with Crippen molar-refractivity contribution >= 4 is 11.6 Å². The summed E-state index contributed by atoms with van der Waals surface area (Å²) in [5, 5.41) is 0.714. The van der Waals surface area contributed by atoms with Crippen molar-refractivity contribution in [3.63, 3.8) is 0 Å². The fourth-order valence-electron chi connectivity index (χ4n) is 1.21. The number of hydrogen-bond donors (Lipinski definition) is 0. The van der Waals surface area contributed by atoms with E-state index >= 15 is 0 Å². The zero-order chi connectivity index (χ0) is 12.0. The van der Waals surface area contributed by atoms with E-state index in [1.165, 1.54) is 24.8 Å². The van der Waals surface area contributed by atoms with Gasteiger partial charge in [0.2, 0.25) is 0 Å². The molecule has 0 bridgehead atoms. The Bertz CT molecular complexity index is 319. The van der Waals surface area contributed by atoms with Crippen LogP contribution in [0, 0.1) is 12.8 Å². The maximum atomic E-state index is 5.98. The van der Waals surface area contributed by atoms with Crippen molar-refractivity contribution in [2.75, 3.05) is 6.61 Å². The largest absolute Gasteiger partial charge is 0.492 e. The van der Waals surface area contributed by atoms with Crippen molar-refractivity contribution in [2.45, 2.75) is 40.0 Å². The average Bonchev–Trinajstić information content (AvgIpc) is 3.04. The molecule has 1 aliphatic rings. The second kappa shape index (κ2) is 6.80. The van der Waals surface area contributed by atoms with Gasteiger partial charge in [-0.15, -0.1) is 0 Å². The van der Waals surface area contributed by atoms with Crippen LogP contribution in [0.3, 0.4) is 0 Å². The molecule has 1 nitrogen and oxygen atoms in total. The molecule has 16 heavy (non-hydrogen) atoms. The molecule has 0 spiro atoms. The Labute approximate surface area is 104 Å². The lowest BCUT2D eigenvalue weighted by Gasteiger charge is -2.07. The van der Waals surface area contributed by atoms with Gasteiger partial charge in [-0.3, -0.25) is 0 Å². The second-order valence-corrected chi connectivity index (χ2v) is 4.80. The molecule has 0 aromatic heterocycles. The Hall–Kier alpha value is -0.690. The average molecular weight is 241 g/mol. The van der Waals surface area contributed by atoms with E-state index in [9.17, 15) is 0 Å². The van der Waals surface area contributed by atoms with Crippen molar-refractivity contribution in [1.82, 2.24) is 0 Å². The van der Waals surface area contributed by atoms with Crippen LogP contribution in [-0.2, 0) is 0 Å². The van der Waals surface area contributed by atoms with Crippen LogP contribution in [0.25, 0.3) is 0 Å². The van der Waals surface area contributed by atoms with Gasteiger partial charge in [-0.2, -0.15) is 0 Å². The molecule has 0 unspecified atom stereocenters. The lowest BCUT2D eigenvalue weighted by molar-refractivity contribution is 0.300. The second-order valence-electron chi connectivity index (χ2n) is 4.40. The van der Waals surface area contributed by atoms with Crippen molar-refractivity contribution in [3.05, 3.63) is 28.8 Å². The summed E-state index contributed by atoms with van der Waals surface area (Å²) in [6, 6.07) is 5.87. The Morgan fingerprint density at radius 1 is 1.31 bits per heavy atom. The van der Waals surface area contributed by atoms with Gasteiger partial charge in [0.05, 0.1) is 11.6 Å². The minimum atomic E-state index is 0.714. The highest BCUT2D eigenvalue weighted by Crippen LogP contribution is 2.31. The summed E-state index contributed by atoms with van der Waals surface area (Å²) in [6.45, 7) is 7.11. The minimum Gasteiger partial charge on any atom is -0.492 e. The van der Waals surface area contributed by atoms with Crippen LogP contribution < -0.4 is 4.74 Å². The molecule has 0 N–H and O–H groups in total. The summed E-state index contributed by atoms with van der Waals surface area (Å²) in [6.07, 6.45) is 3.87. The van der Waals surface area contributed by atoms with E-state index in [0.29, 0.717) is 5.02 Å². The van der Waals surface area contributed by atoms with E-state index < -0.39 is 0 Å². The van der Waals surface area contributed by atoms with Crippen molar-refractivity contribution in [1.29, 1.82) is 0 Å². The van der Waals surface area contributed by atoms with E-state index in [1.54, 1.807) is 0 Å². The molecule has 1 saturated carbocycles. The number of halogens is 1. The summed E-state index contributed by atoms with van der Waals surface area (Å²) >= 11 is 5.98. The van der Waals surface area contributed by atoms with Crippen LogP contribution in [0.4, 0.5) is 0 Å². The zero-order valence-electron chi connectivity index (χ0n) is 10.4. The molecule has 0 atom stereocenters. The van der Waals surface area contributed by atoms with Gasteiger partial charge in [0.25, 0.3) is 0 Å². The molecule has 0 radical (unpaired) electrons. The first-order valence-corrected chi connectivity index (χ1v) is 6.44. The molecule has 2 rings (SSSR count). The molecule has 1 aliphatic carbocycles. The molecule has 1 fully saturated rings. The molecule has 0 amide bonds. The molecular formula is C14H21ClO. The third-order valence-electron chi connectivity index (χ3n) is 2.26. The van der Waals surface area contributed by atoms with Crippen molar-refractivity contribution in [2.24, 2.45) is 5.92 Å². The molecule has 0 heterocycles. The summed E-state index contributed by atoms with van der Waals surface area (Å²) < 4.78 is 5.61. The molecule has 0 aliphatic heterocycles. The smallest absolute Gasteiger partial charge is 0.138 e. The Kier molecular flexibility index (Phi) is 5.68.